The van der Waals surface area contributed by atoms with E-state index >= 15 is 0 Å². The lowest BCUT2D eigenvalue weighted by Crippen LogP contribution is -2.38. The van der Waals surface area contributed by atoms with Crippen molar-refractivity contribution in [3.05, 3.63) is 23.5 Å². The minimum atomic E-state index is -0.950. The van der Waals surface area contributed by atoms with Crippen molar-refractivity contribution in [3.63, 3.8) is 0 Å². The molecule has 0 aliphatic heterocycles. The van der Waals surface area contributed by atoms with Gasteiger partial charge in [-0.05, 0) is 26.3 Å². The van der Waals surface area contributed by atoms with Gasteiger partial charge in [0.2, 0.25) is 0 Å². The van der Waals surface area contributed by atoms with Gasteiger partial charge in [-0.3, -0.25) is 14.4 Å². The Bertz CT molecular complexity index is 594. The lowest BCUT2D eigenvalue weighted by Gasteiger charge is -2.24. The van der Waals surface area contributed by atoms with Gasteiger partial charge in [0.25, 0.3) is 5.91 Å². The van der Waals surface area contributed by atoms with Crippen LogP contribution in [0.5, 0.6) is 0 Å². The van der Waals surface area contributed by atoms with Gasteiger partial charge < -0.3 is 19.3 Å². The molecular weight excluding hydrogens is 312 g/mol. The van der Waals surface area contributed by atoms with E-state index < -0.39 is 11.9 Å². The number of carbonyl (C=O) groups excluding carboxylic acids is 2. The van der Waals surface area contributed by atoms with Crippen molar-refractivity contribution in [1.29, 1.82) is 0 Å². The maximum Gasteiger partial charge on any atom is 0.308 e. The molecule has 0 saturated carbocycles. The molecule has 1 atom stereocenters. The molecule has 0 aromatic carbocycles. The molecule has 0 saturated heterocycles. The number of carboxylic acids is 1. The summed E-state index contributed by atoms with van der Waals surface area (Å²) in [7, 11) is 1.69. The quantitative estimate of drug-likeness (QED) is 0.519. The minimum Gasteiger partial charge on any atom is -0.481 e. The van der Waals surface area contributed by atoms with Crippen LogP contribution in [0, 0.1) is 5.92 Å². The van der Waals surface area contributed by atoms with Gasteiger partial charge in [0, 0.05) is 45.1 Å². The highest BCUT2D eigenvalue weighted by Crippen LogP contribution is 2.13. The Balaban J connectivity index is 2.92. The average Bonchev–Trinajstić information content (AvgIpc) is 2.91. The summed E-state index contributed by atoms with van der Waals surface area (Å²) in [5.41, 5.74) is 0.829. The largest absolute Gasteiger partial charge is 0.481 e. The third kappa shape index (κ3) is 5.49. The molecule has 24 heavy (non-hydrogen) atoms. The molecule has 1 aromatic rings. The van der Waals surface area contributed by atoms with E-state index in [2.05, 4.69) is 0 Å². The van der Waals surface area contributed by atoms with Gasteiger partial charge in [0.1, 0.15) is 5.69 Å². The number of aromatic nitrogens is 1. The SMILES string of the molecule is CCOCCCN(CC(C)C(=O)O)C(=O)c1cc(C(C)=O)cn1C. The third-order valence-electron chi connectivity index (χ3n) is 3.75. The molecule has 0 aliphatic carbocycles. The van der Waals surface area contributed by atoms with Crippen LogP contribution in [-0.2, 0) is 16.6 Å². The predicted octanol–water partition coefficient (Wildman–Crippen LogP) is 1.82. The van der Waals surface area contributed by atoms with Gasteiger partial charge in [-0.15, -0.1) is 0 Å². The topological polar surface area (TPSA) is 88.8 Å². The summed E-state index contributed by atoms with van der Waals surface area (Å²) in [4.78, 5) is 36.9. The summed E-state index contributed by atoms with van der Waals surface area (Å²) in [5.74, 6) is -2.02. The number of carboxylic acid groups (broad SMARTS) is 1. The van der Waals surface area contributed by atoms with E-state index in [1.54, 1.807) is 30.8 Å². The first-order valence-electron chi connectivity index (χ1n) is 8.05. The molecule has 0 aliphatic rings. The molecule has 7 heteroatoms. The van der Waals surface area contributed by atoms with E-state index in [0.717, 1.165) is 0 Å². The molecule has 134 valence electrons. The highest BCUT2D eigenvalue weighted by molar-refractivity contribution is 5.99. The van der Waals surface area contributed by atoms with Crippen molar-refractivity contribution >= 4 is 17.7 Å². The third-order valence-corrected chi connectivity index (χ3v) is 3.75. The molecular formula is C17H26N2O5. The van der Waals surface area contributed by atoms with Crippen LogP contribution >= 0.6 is 0 Å². The molecule has 0 radical (unpaired) electrons. The number of aryl methyl sites for hydroxylation is 1. The van der Waals surface area contributed by atoms with Crippen LogP contribution in [0.15, 0.2) is 12.3 Å². The van der Waals surface area contributed by atoms with Crippen molar-refractivity contribution in [2.45, 2.75) is 27.2 Å². The molecule has 1 heterocycles. The monoisotopic (exact) mass is 338 g/mol. The number of rotatable bonds is 10. The fourth-order valence-electron chi connectivity index (χ4n) is 2.32. The number of ketones is 1. The van der Waals surface area contributed by atoms with Crippen LogP contribution < -0.4 is 0 Å². The minimum absolute atomic E-state index is 0.112. The Labute approximate surface area is 142 Å². The van der Waals surface area contributed by atoms with Crippen LogP contribution in [0.25, 0.3) is 0 Å². The first kappa shape index (κ1) is 19.9. The number of amides is 1. The Hall–Kier alpha value is -2.15. The highest BCUT2D eigenvalue weighted by atomic mass is 16.5. The molecule has 1 amide bonds. The number of aliphatic carboxylic acids is 1. The lowest BCUT2D eigenvalue weighted by molar-refractivity contribution is -0.141. The zero-order valence-electron chi connectivity index (χ0n) is 14.7. The lowest BCUT2D eigenvalue weighted by atomic mass is 10.1. The number of carbonyl (C=O) groups is 3. The summed E-state index contributed by atoms with van der Waals surface area (Å²) in [6, 6.07) is 1.55. The summed E-state index contributed by atoms with van der Waals surface area (Å²) in [5, 5.41) is 9.11. The van der Waals surface area contributed by atoms with Crippen molar-refractivity contribution < 1.29 is 24.2 Å². The van der Waals surface area contributed by atoms with Gasteiger partial charge in [-0.2, -0.15) is 0 Å². The number of hydrogen-bond donors (Lipinski definition) is 1. The van der Waals surface area contributed by atoms with Crippen molar-refractivity contribution in [2.75, 3.05) is 26.3 Å². The predicted molar refractivity (Wildman–Crippen MR) is 89.2 cm³/mol. The fraction of sp³-hybridized carbons (Fsp3) is 0.588. The van der Waals surface area contributed by atoms with E-state index in [1.807, 2.05) is 6.92 Å². The zero-order valence-corrected chi connectivity index (χ0v) is 14.7. The summed E-state index contributed by atoms with van der Waals surface area (Å²) in [6.07, 6.45) is 2.23. The summed E-state index contributed by atoms with van der Waals surface area (Å²) >= 11 is 0. The normalized spacial score (nSPS) is 12.0. The maximum absolute atomic E-state index is 12.8. The van der Waals surface area contributed by atoms with Gasteiger partial charge >= 0.3 is 5.97 Å². The summed E-state index contributed by atoms with van der Waals surface area (Å²) in [6.45, 7) is 6.51. The fourth-order valence-corrected chi connectivity index (χ4v) is 2.32. The van der Waals surface area contributed by atoms with Crippen LogP contribution in [-0.4, -0.2) is 58.5 Å². The summed E-state index contributed by atoms with van der Waals surface area (Å²) < 4.78 is 6.87. The zero-order chi connectivity index (χ0) is 18.3. The van der Waals surface area contributed by atoms with Gasteiger partial charge in [-0.25, -0.2) is 0 Å². The van der Waals surface area contributed by atoms with Gasteiger partial charge in [0.15, 0.2) is 5.78 Å². The van der Waals surface area contributed by atoms with Crippen LogP contribution in [0.4, 0.5) is 0 Å². The van der Waals surface area contributed by atoms with Crippen LogP contribution in [0.2, 0.25) is 0 Å². The second-order valence-corrected chi connectivity index (χ2v) is 5.82. The van der Waals surface area contributed by atoms with Gasteiger partial charge in [0.05, 0.1) is 5.92 Å². The maximum atomic E-state index is 12.8. The van der Waals surface area contributed by atoms with Crippen molar-refractivity contribution in [2.24, 2.45) is 13.0 Å². The Morgan fingerprint density at radius 2 is 2.04 bits per heavy atom. The molecule has 1 aromatic heterocycles. The average molecular weight is 338 g/mol. The van der Waals surface area contributed by atoms with E-state index in [1.165, 1.54) is 11.8 Å². The highest BCUT2D eigenvalue weighted by Gasteiger charge is 2.24. The van der Waals surface area contributed by atoms with E-state index in [4.69, 9.17) is 9.84 Å². The first-order chi connectivity index (χ1) is 11.3. The number of hydrogen-bond acceptors (Lipinski definition) is 4. The van der Waals surface area contributed by atoms with Gasteiger partial charge in [-0.1, -0.05) is 6.92 Å². The molecule has 1 rings (SSSR count). The molecule has 1 unspecified atom stereocenters. The molecule has 7 nitrogen and oxygen atoms in total. The Morgan fingerprint density at radius 3 is 2.54 bits per heavy atom. The molecule has 0 bridgehead atoms. The van der Waals surface area contributed by atoms with E-state index in [-0.39, 0.29) is 18.2 Å². The second-order valence-electron chi connectivity index (χ2n) is 5.82. The van der Waals surface area contributed by atoms with E-state index in [0.29, 0.717) is 37.4 Å². The number of ether oxygens (including phenoxy) is 1. The second kappa shape index (κ2) is 9.22. The van der Waals surface area contributed by atoms with Crippen LogP contribution in [0.1, 0.15) is 48.0 Å². The Kier molecular flexibility index (Phi) is 7.64. The first-order valence-corrected chi connectivity index (χ1v) is 8.05. The van der Waals surface area contributed by atoms with Crippen LogP contribution in [0.3, 0.4) is 0 Å². The van der Waals surface area contributed by atoms with Crippen molar-refractivity contribution in [1.82, 2.24) is 9.47 Å². The Morgan fingerprint density at radius 1 is 1.38 bits per heavy atom. The molecule has 0 fully saturated rings. The number of nitrogens with zero attached hydrogens (tertiary/aromatic N) is 2. The molecule has 1 N–H and O–H groups in total. The smallest absolute Gasteiger partial charge is 0.308 e. The number of Topliss-reactive ketones (excluding diaryl/α,β-unsaturated/α-hetero) is 1. The van der Waals surface area contributed by atoms with E-state index in [9.17, 15) is 14.4 Å². The standard InChI is InChI=1S/C17H26N2O5/c1-5-24-8-6-7-19(10-12(2)17(22)23)16(21)15-9-14(13(3)20)11-18(15)4/h9,11-12H,5-8,10H2,1-4H3,(H,22,23). The van der Waals surface area contributed by atoms with Crippen molar-refractivity contribution in [3.8, 4) is 0 Å². The molecule has 0 spiro atoms.